The second-order valence-corrected chi connectivity index (χ2v) is 8.67. The highest BCUT2D eigenvalue weighted by Gasteiger charge is 2.10. The lowest BCUT2D eigenvalue weighted by Crippen LogP contribution is -1.94. The lowest BCUT2D eigenvalue weighted by atomic mass is 10.4. The van der Waals surface area contributed by atoms with Crippen molar-refractivity contribution in [1.29, 1.82) is 0 Å². The summed E-state index contributed by atoms with van der Waals surface area (Å²) in [5.74, 6) is 0. The van der Waals surface area contributed by atoms with Crippen molar-refractivity contribution < 1.29 is 0 Å². The van der Waals surface area contributed by atoms with Crippen LogP contribution in [-0.2, 0) is 0 Å². The van der Waals surface area contributed by atoms with Gasteiger partial charge in [-0.25, -0.2) is 0 Å². The highest BCUT2D eigenvalue weighted by molar-refractivity contribution is 9.10. The molecule has 0 N–H and O–H groups in total. The third-order valence-electron chi connectivity index (χ3n) is 2.46. The SMILES string of the molecule is CCC(Sc1cccc(Br)c1)Sc1cccc(Br)c1. The van der Waals surface area contributed by atoms with Crippen LogP contribution in [0.4, 0.5) is 0 Å². The summed E-state index contributed by atoms with van der Waals surface area (Å²) in [6.07, 6.45) is 1.13. The Morgan fingerprint density at radius 3 is 1.74 bits per heavy atom. The van der Waals surface area contributed by atoms with E-state index in [2.05, 4.69) is 87.3 Å². The van der Waals surface area contributed by atoms with Crippen molar-refractivity contribution in [3.05, 3.63) is 57.5 Å². The van der Waals surface area contributed by atoms with E-state index < -0.39 is 0 Å². The van der Waals surface area contributed by atoms with Gasteiger partial charge in [-0.3, -0.25) is 0 Å². The van der Waals surface area contributed by atoms with E-state index in [4.69, 9.17) is 0 Å². The van der Waals surface area contributed by atoms with Crippen LogP contribution >= 0.6 is 55.4 Å². The zero-order valence-corrected chi connectivity index (χ0v) is 15.3. The number of hydrogen-bond acceptors (Lipinski definition) is 2. The Morgan fingerprint density at radius 1 is 0.895 bits per heavy atom. The third-order valence-corrected chi connectivity index (χ3v) is 6.27. The Bertz CT molecular complexity index is 496. The van der Waals surface area contributed by atoms with Crippen molar-refractivity contribution in [1.82, 2.24) is 0 Å². The molecule has 0 radical (unpaired) electrons. The van der Waals surface area contributed by atoms with Crippen LogP contribution in [0.15, 0.2) is 67.3 Å². The summed E-state index contributed by atoms with van der Waals surface area (Å²) in [6.45, 7) is 2.24. The molecule has 0 aromatic heterocycles. The molecule has 0 unspecified atom stereocenters. The molecule has 0 aliphatic heterocycles. The van der Waals surface area contributed by atoms with Crippen LogP contribution in [0, 0.1) is 0 Å². The zero-order valence-electron chi connectivity index (χ0n) is 10.5. The summed E-state index contributed by atoms with van der Waals surface area (Å²) in [5, 5.41) is 0. The van der Waals surface area contributed by atoms with Gasteiger partial charge in [-0.1, -0.05) is 50.9 Å². The van der Waals surface area contributed by atoms with E-state index in [-0.39, 0.29) is 0 Å². The minimum absolute atomic E-state index is 0.531. The molecule has 0 heterocycles. The van der Waals surface area contributed by atoms with Crippen LogP contribution in [0.5, 0.6) is 0 Å². The van der Waals surface area contributed by atoms with Crippen LogP contribution in [0.3, 0.4) is 0 Å². The third kappa shape index (κ3) is 5.18. The fraction of sp³-hybridized carbons (Fsp3) is 0.200. The van der Waals surface area contributed by atoms with E-state index in [9.17, 15) is 0 Å². The molecule has 100 valence electrons. The number of halogens is 2. The summed E-state index contributed by atoms with van der Waals surface area (Å²) < 4.78 is 2.81. The Morgan fingerprint density at radius 2 is 1.37 bits per heavy atom. The highest BCUT2D eigenvalue weighted by atomic mass is 79.9. The van der Waals surface area contributed by atoms with Crippen molar-refractivity contribution in [3.63, 3.8) is 0 Å². The second-order valence-electron chi connectivity index (χ2n) is 3.99. The van der Waals surface area contributed by atoms with E-state index in [0.717, 1.165) is 15.4 Å². The molecule has 2 rings (SSSR count). The van der Waals surface area contributed by atoms with E-state index in [1.807, 2.05) is 23.5 Å². The standard InChI is InChI=1S/C15H14Br2S2/c1-2-15(18-13-7-3-5-11(16)9-13)19-14-8-4-6-12(17)10-14/h3-10,15H,2H2,1H3. The molecule has 2 aromatic carbocycles. The second kappa shape index (κ2) is 7.77. The molecule has 0 aliphatic carbocycles. The lowest BCUT2D eigenvalue weighted by molar-refractivity contribution is 1.05. The van der Waals surface area contributed by atoms with Crippen molar-refractivity contribution in [2.45, 2.75) is 27.7 Å². The van der Waals surface area contributed by atoms with Gasteiger partial charge in [0.05, 0.1) is 4.58 Å². The Balaban J connectivity index is 2.04. The van der Waals surface area contributed by atoms with Gasteiger partial charge in [0.2, 0.25) is 0 Å². The highest BCUT2D eigenvalue weighted by Crippen LogP contribution is 2.38. The van der Waals surface area contributed by atoms with Crippen LogP contribution < -0.4 is 0 Å². The normalized spacial score (nSPS) is 10.9. The maximum atomic E-state index is 3.52. The summed E-state index contributed by atoms with van der Waals surface area (Å²) in [6, 6.07) is 17.0. The molecule has 0 bridgehead atoms. The summed E-state index contributed by atoms with van der Waals surface area (Å²) in [4.78, 5) is 2.62. The summed E-state index contributed by atoms with van der Waals surface area (Å²) in [5.41, 5.74) is 0. The quantitative estimate of drug-likeness (QED) is 0.386. The van der Waals surface area contributed by atoms with Crippen LogP contribution in [0.25, 0.3) is 0 Å². The largest absolute Gasteiger partial charge is 0.111 e. The van der Waals surface area contributed by atoms with Gasteiger partial charge < -0.3 is 0 Å². The number of thioether (sulfide) groups is 2. The van der Waals surface area contributed by atoms with Gasteiger partial charge in [0, 0.05) is 18.7 Å². The van der Waals surface area contributed by atoms with E-state index >= 15 is 0 Å². The predicted octanol–water partition coefficient (Wildman–Crippen LogP) is 6.83. The van der Waals surface area contributed by atoms with Crippen molar-refractivity contribution in [3.8, 4) is 0 Å². The van der Waals surface area contributed by atoms with Crippen molar-refractivity contribution >= 4 is 55.4 Å². The lowest BCUT2D eigenvalue weighted by Gasteiger charge is -2.14. The van der Waals surface area contributed by atoms with Gasteiger partial charge in [0.25, 0.3) is 0 Å². The van der Waals surface area contributed by atoms with Gasteiger partial charge >= 0.3 is 0 Å². The molecule has 19 heavy (non-hydrogen) atoms. The first-order chi connectivity index (χ1) is 9.17. The first-order valence-corrected chi connectivity index (χ1v) is 9.36. The molecule has 0 saturated carbocycles. The fourth-order valence-electron chi connectivity index (χ4n) is 1.57. The average molecular weight is 418 g/mol. The molecule has 0 saturated heterocycles. The molecule has 0 atom stereocenters. The van der Waals surface area contributed by atoms with E-state index in [0.29, 0.717) is 4.58 Å². The summed E-state index contributed by atoms with van der Waals surface area (Å²) in [7, 11) is 0. The molecule has 2 aromatic rings. The monoisotopic (exact) mass is 416 g/mol. The molecule has 0 nitrogen and oxygen atoms in total. The summed E-state index contributed by atoms with van der Waals surface area (Å²) >= 11 is 10.9. The number of benzene rings is 2. The Labute approximate surface area is 140 Å². The molecule has 0 aliphatic rings. The van der Waals surface area contributed by atoms with Gasteiger partial charge in [-0.05, 0) is 42.8 Å². The minimum atomic E-state index is 0.531. The van der Waals surface area contributed by atoms with Gasteiger partial charge in [-0.2, -0.15) is 0 Å². The van der Waals surface area contributed by atoms with Crippen LogP contribution in [0.1, 0.15) is 13.3 Å². The van der Waals surface area contributed by atoms with E-state index in [1.54, 1.807) is 0 Å². The minimum Gasteiger partial charge on any atom is -0.111 e. The van der Waals surface area contributed by atoms with Gasteiger partial charge in [0.1, 0.15) is 0 Å². The molecule has 0 fully saturated rings. The van der Waals surface area contributed by atoms with Gasteiger partial charge in [0.15, 0.2) is 0 Å². The molecular weight excluding hydrogens is 404 g/mol. The fourth-order valence-corrected chi connectivity index (χ4v) is 5.18. The first kappa shape index (κ1) is 15.5. The van der Waals surface area contributed by atoms with Crippen LogP contribution in [0.2, 0.25) is 0 Å². The maximum Gasteiger partial charge on any atom is 0.0594 e. The molecule has 0 amide bonds. The topological polar surface area (TPSA) is 0 Å². The smallest absolute Gasteiger partial charge is 0.0594 e. The first-order valence-electron chi connectivity index (χ1n) is 6.02. The Hall–Kier alpha value is 0.1000. The zero-order chi connectivity index (χ0) is 13.7. The van der Waals surface area contributed by atoms with E-state index in [1.165, 1.54) is 9.79 Å². The number of rotatable bonds is 5. The Kier molecular flexibility index (Phi) is 6.33. The molecular formula is C15H14Br2S2. The van der Waals surface area contributed by atoms with Crippen molar-refractivity contribution in [2.24, 2.45) is 0 Å². The average Bonchev–Trinajstić information content (AvgIpc) is 2.38. The molecule has 0 spiro atoms. The predicted molar refractivity (Wildman–Crippen MR) is 94.1 cm³/mol. The van der Waals surface area contributed by atoms with Crippen LogP contribution in [-0.4, -0.2) is 4.58 Å². The van der Waals surface area contributed by atoms with Gasteiger partial charge in [-0.15, -0.1) is 23.5 Å². The van der Waals surface area contributed by atoms with Crippen molar-refractivity contribution in [2.75, 3.05) is 0 Å². The maximum absolute atomic E-state index is 3.52. The number of hydrogen-bond donors (Lipinski definition) is 0. The molecule has 4 heteroatoms.